The number of nitrogens with zero attached hydrogens (tertiary/aromatic N) is 3. The second kappa shape index (κ2) is 4.89. The van der Waals surface area contributed by atoms with Gasteiger partial charge in [-0.15, -0.1) is 0 Å². The molecule has 102 valence electrons. The highest BCUT2D eigenvalue weighted by Crippen LogP contribution is 2.22. The maximum Gasteiger partial charge on any atom is 0.0961 e. The average molecular weight is 266 g/mol. The lowest BCUT2D eigenvalue weighted by Crippen LogP contribution is -2.10. The zero-order chi connectivity index (χ0) is 14.1. The average Bonchev–Trinajstić information content (AvgIpc) is 2.84. The fraction of sp³-hybridized carbons (Fsp3) is 0.188. The van der Waals surface area contributed by atoms with E-state index in [9.17, 15) is 0 Å². The van der Waals surface area contributed by atoms with Gasteiger partial charge in [0.2, 0.25) is 0 Å². The van der Waals surface area contributed by atoms with E-state index in [0.717, 1.165) is 34.5 Å². The monoisotopic (exact) mass is 266 g/mol. The van der Waals surface area contributed by atoms with Crippen molar-refractivity contribution in [2.45, 2.75) is 6.54 Å². The number of imidazole rings is 1. The van der Waals surface area contributed by atoms with Crippen LogP contribution in [0, 0.1) is 0 Å². The van der Waals surface area contributed by atoms with Crippen LogP contribution in [0.3, 0.4) is 0 Å². The van der Waals surface area contributed by atoms with E-state index in [1.54, 1.807) is 0 Å². The van der Waals surface area contributed by atoms with Crippen molar-refractivity contribution in [3.05, 3.63) is 54.4 Å². The van der Waals surface area contributed by atoms with Gasteiger partial charge in [-0.3, -0.25) is 0 Å². The van der Waals surface area contributed by atoms with Crippen molar-refractivity contribution in [3.8, 4) is 0 Å². The molecule has 2 aromatic carbocycles. The van der Waals surface area contributed by atoms with Crippen LogP contribution in [0.25, 0.3) is 11.0 Å². The third kappa shape index (κ3) is 2.20. The molecule has 3 rings (SSSR count). The Morgan fingerprint density at radius 2 is 1.95 bits per heavy atom. The van der Waals surface area contributed by atoms with Gasteiger partial charge in [0.1, 0.15) is 0 Å². The lowest BCUT2D eigenvalue weighted by molar-refractivity contribution is 0.826. The number of benzene rings is 2. The predicted octanol–water partition coefficient (Wildman–Crippen LogP) is 2.73. The van der Waals surface area contributed by atoms with E-state index in [2.05, 4.69) is 26.6 Å². The van der Waals surface area contributed by atoms with Gasteiger partial charge in [-0.2, -0.15) is 0 Å². The minimum Gasteiger partial charge on any atom is -0.398 e. The molecule has 1 aromatic heterocycles. The van der Waals surface area contributed by atoms with Crippen molar-refractivity contribution < 1.29 is 0 Å². The summed E-state index contributed by atoms with van der Waals surface area (Å²) in [4.78, 5) is 6.49. The summed E-state index contributed by atoms with van der Waals surface area (Å²) in [6.07, 6.45) is 1.87. The standard InChI is InChI=1S/C16H18N4/c1-19(2)13-7-8-14(17)12(9-13)10-20-11-18-15-5-3-4-6-16(15)20/h3-9,11H,10,17H2,1-2H3. The molecular weight excluding hydrogens is 248 g/mol. The molecular formula is C16H18N4. The number of aromatic nitrogens is 2. The van der Waals surface area contributed by atoms with Crippen LogP contribution in [0.15, 0.2) is 48.8 Å². The number of para-hydroxylation sites is 2. The number of nitrogens with two attached hydrogens (primary N) is 1. The number of fused-ring (bicyclic) bond motifs is 1. The molecule has 2 N–H and O–H groups in total. The summed E-state index contributed by atoms with van der Waals surface area (Å²) >= 11 is 0. The zero-order valence-corrected chi connectivity index (χ0v) is 11.7. The molecule has 4 heteroatoms. The number of hydrogen-bond acceptors (Lipinski definition) is 3. The molecule has 0 amide bonds. The smallest absolute Gasteiger partial charge is 0.0961 e. The molecule has 0 aliphatic carbocycles. The maximum atomic E-state index is 6.10. The molecule has 0 saturated carbocycles. The number of hydrogen-bond donors (Lipinski definition) is 1. The summed E-state index contributed by atoms with van der Waals surface area (Å²) in [7, 11) is 4.06. The van der Waals surface area contributed by atoms with Crippen molar-refractivity contribution in [1.29, 1.82) is 0 Å². The second-order valence-corrected chi connectivity index (χ2v) is 5.14. The largest absolute Gasteiger partial charge is 0.398 e. The Bertz CT molecular complexity index is 743. The fourth-order valence-corrected chi connectivity index (χ4v) is 2.33. The molecule has 0 radical (unpaired) electrons. The van der Waals surface area contributed by atoms with Gasteiger partial charge >= 0.3 is 0 Å². The first-order valence-electron chi connectivity index (χ1n) is 6.61. The van der Waals surface area contributed by atoms with Crippen LogP contribution in [0.4, 0.5) is 11.4 Å². The predicted molar refractivity (Wildman–Crippen MR) is 84.0 cm³/mol. The molecule has 0 aliphatic heterocycles. The summed E-state index contributed by atoms with van der Waals surface area (Å²) in [5.74, 6) is 0. The lowest BCUT2D eigenvalue weighted by atomic mass is 10.1. The number of nitrogen functional groups attached to an aromatic ring is 1. The van der Waals surface area contributed by atoms with Crippen LogP contribution >= 0.6 is 0 Å². The van der Waals surface area contributed by atoms with Gasteiger partial charge in [0.15, 0.2) is 0 Å². The van der Waals surface area contributed by atoms with Crippen molar-refractivity contribution in [3.63, 3.8) is 0 Å². The lowest BCUT2D eigenvalue weighted by Gasteiger charge is -2.15. The molecule has 3 aromatic rings. The van der Waals surface area contributed by atoms with Gasteiger partial charge in [0.25, 0.3) is 0 Å². The van der Waals surface area contributed by atoms with E-state index in [1.807, 2.05) is 50.8 Å². The summed E-state index contributed by atoms with van der Waals surface area (Å²) < 4.78 is 2.13. The van der Waals surface area contributed by atoms with Crippen LogP contribution in [-0.2, 0) is 6.54 Å². The van der Waals surface area contributed by atoms with Crippen LogP contribution < -0.4 is 10.6 Å². The van der Waals surface area contributed by atoms with E-state index in [-0.39, 0.29) is 0 Å². The Kier molecular flexibility index (Phi) is 3.06. The SMILES string of the molecule is CN(C)c1ccc(N)c(Cn2cnc3ccccc32)c1. The van der Waals surface area contributed by atoms with E-state index in [0.29, 0.717) is 0 Å². The van der Waals surface area contributed by atoms with E-state index in [4.69, 9.17) is 5.73 Å². The highest BCUT2D eigenvalue weighted by Gasteiger charge is 2.06. The molecule has 4 nitrogen and oxygen atoms in total. The molecule has 0 aliphatic rings. The van der Waals surface area contributed by atoms with Gasteiger partial charge < -0.3 is 15.2 Å². The van der Waals surface area contributed by atoms with Crippen LogP contribution in [0.2, 0.25) is 0 Å². The van der Waals surface area contributed by atoms with Gasteiger partial charge in [0, 0.05) is 25.5 Å². The first-order valence-corrected chi connectivity index (χ1v) is 6.61. The van der Waals surface area contributed by atoms with Crippen molar-refractivity contribution in [1.82, 2.24) is 9.55 Å². The Labute approximate surface area is 118 Å². The molecule has 20 heavy (non-hydrogen) atoms. The number of anilines is 2. The van der Waals surface area contributed by atoms with Crippen LogP contribution in [0.1, 0.15) is 5.56 Å². The molecule has 0 spiro atoms. The third-order valence-electron chi connectivity index (χ3n) is 3.51. The topological polar surface area (TPSA) is 47.1 Å². The maximum absolute atomic E-state index is 6.10. The quantitative estimate of drug-likeness (QED) is 0.741. The minimum atomic E-state index is 0.730. The first kappa shape index (κ1) is 12.5. The van der Waals surface area contributed by atoms with Crippen molar-refractivity contribution in [2.24, 2.45) is 0 Å². The summed E-state index contributed by atoms with van der Waals surface area (Å²) in [6, 6.07) is 14.2. The Morgan fingerprint density at radius 3 is 2.75 bits per heavy atom. The molecule has 0 bridgehead atoms. The van der Waals surface area contributed by atoms with Crippen molar-refractivity contribution in [2.75, 3.05) is 24.7 Å². The third-order valence-corrected chi connectivity index (χ3v) is 3.51. The van der Waals surface area contributed by atoms with Gasteiger partial charge in [-0.05, 0) is 35.9 Å². The molecule has 0 atom stereocenters. The first-order chi connectivity index (χ1) is 9.65. The van der Waals surface area contributed by atoms with Crippen LogP contribution in [-0.4, -0.2) is 23.6 Å². The van der Waals surface area contributed by atoms with E-state index < -0.39 is 0 Å². The normalized spacial score (nSPS) is 10.9. The van der Waals surface area contributed by atoms with E-state index in [1.165, 1.54) is 0 Å². The Balaban J connectivity index is 2.00. The summed E-state index contributed by atoms with van der Waals surface area (Å²) in [6.45, 7) is 0.730. The molecule has 0 fully saturated rings. The molecule has 0 saturated heterocycles. The van der Waals surface area contributed by atoms with E-state index >= 15 is 0 Å². The van der Waals surface area contributed by atoms with Gasteiger partial charge in [0.05, 0.1) is 23.9 Å². The molecule has 1 heterocycles. The summed E-state index contributed by atoms with van der Waals surface area (Å²) in [5.41, 5.74) is 11.3. The Morgan fingerprint density at radius 1 is 1.15 bits per heavy atom. The second-order valence-electron chi connectivity index (χ2n) is 5.14. The van der Waals surface area contributed by atoms with Crippen LogP contribution in [0.5, 0.6) is 0 Å². The van der Waals surface area contributed by atoms with Gasteiger partial charge in [-0.25, -0.2) is 4.98 Å². The van der Waals surface area contributed by atoms with Crippen molar-refractivity contribution >= 4 is 22.4 Å². The van der Waals surface area contributed by atoms with Gasteiger partial charge in [-0.1, -0.05) is 12.1 Å². The fourth-order valence-electron chi connectivity index (χ4n) is 2.33. The highest BCUT2D eigenvalue weighted by atomic mass is 15.1. The summed E-state index contributed by atoms with van der Waals surface area (Å²) in [5, 5.41) is 0. The minimum absolute atomic E-state index is 0.730. The zero-order valence-electron chi connectivity index (χ0n) is 11.7. The highest BCUT2D eigenvalue weighted by molar-refractivity contribution is 5.75. The Hall–Kier alpha value is -2.49. The number of rotatable bonds is 3. The molecule has 0 unspecified atom stereocenters.